The second-order valence-electron chi connectivity index (χ2n) is 3.85. The van der Waals surface area contributed by atoms with E-state index in [1.54, 1.807) is 24.9 Å². The van der Waals surface area contributed by atoms with E-state index in [-0.39, 0.29) is 0 Å². The summed E-state index contributed by atoms with van der Waals surface area (Å²) in [7, 11) is 1.66. The first-order valence-corrected chi connectivity index (χ1v) is 6.53. The molecule has 0 radical (unpaired) electrons. The molecule has 0 aliphatic rings. The van der Waals surface area contributed by atoms with Gasteiger partial charge in [-0.1, -0.05) is 23.9 Å². The zero-order chi connectivity index (χ0) is 13.0. The summed E-state index contributed by atoms with van der Waals surface area (Å²) < 4.78 is 5.12. The molecule has 0 spiro atoms. The molecule has 1 aromatic carbocycles. The summed E-state index contributed by atoms with van der Waals surface area (Å²) in [4.78, 5) is 8.52. The zero-order valence-electron chi connectivity index (χ0n) is 10.4. The molecule has 2 rings (SSSR count). The standard InChI is InChI=1S/C13H15N3OS/c1-9-7-12(14)16-13(15-9)18-8-10-3-5-11(17-2)6-4-10/h3-7H,8H2,1-2H3,(H2,14,15,16). The lowest BCUT2D eigenvalue weighted by Gasteiger charge is -2.04. The van der Waals surface area contributed by atoms with Gasteiger partial charge in [0.05, 0.1) is 7.11 Å². The number of hydrogen-bond acceptors (Lipinski definition) is 5. The van der Waals surface area contributed by atoms with Gasteiger partial charge in [-0.15, -0.1) is 0 Å². The van der Waals surface area contributed by atoms with Crippen molar-refractivity contribution in [3.05, 3.63) is 41.6 Å². The van der Waals surface area contributed by atoms with E-state index >= 15 is 0 Å². The van der Waals surface area contributed by atoms with E-state index in [0.717, 1.165) is 17.2 Å². The SMILES string of the molecule is COc1ccc(CSc2nc(C)cc(N)n2)cc1. The number of nitrogens with two attached hydrogens (primary N) is 1. The fourth-order valence-electron chi connectivity index (χ4n) is 1.50. The second-order valence-corrected chi connectivity index (χ2v) is 4.80. The first kappa shape index (κ1) is 12.7. The van der Waals surface area contributed by atoms with Crippen LogP contribution in [0, 0.1) is 6.92 Å². The third kappa shape index (κ3) is 3.37. The van der Waals surface area contributed by atoms with Crippen molar-refractivity contribution in [2.24, 2.45) is 0 Å². The topological polar surface area (TPSA) is 61.0 Å². The van der Waals surface area contributed by atoms with Gasteiger partial charge >= 0.3 is 0 Å². The number of thioether (sulfide) groups is 1. The minimum Gasteiger partial charge on any atom is -0.497 e. The quantitative estimate of drug-likeness (QED) is 0.677. The average molecular weight is 261 g/mol. The van der Waals surface area contributed by atoms with Gasteiger partial charge in [-0.2, -0.15) is 0 Å². The number of rotatable bonds is 4. The number of methoxy groups -OCH3 is 1. The zero-order valence-corrected chi connectivity index (χ0v) is 11.2. The molecular weight excluding hydrogens is 246 g/mol. The first-order valence-electron chi connectivity index (χ1n) is 5.54. The minimum atomic E-state index is 0.514. The molecule has 0 unspecified atom stereocenters. The van der Waals surface area contributed by atoms with Crippen LogP contribution in [-0.4, -0.2) is 17.1 Å². The first-order chi connectivity index (χ1) is 8.67. The summed E-state index contributed by atoms with van der Waals surface area (Å²) in [5, 5.41) is 0.711. The van der Waals surface area contributed by atoms with Gasteiger partial charge in [-0.25, -0.2) is 9.97 Å². The van der Waals surface area contributed by atoms with Crippen molar-refractivity contribution in [2.45, 2.75) is 17.8 Å². The van der Waals surface area contributed by atoms with Crippen molar-refractivity contribution >= 4 is 17.6 Å². The molecule has 4 nitrogen and oxygen atoms in total. The largest absolute Gasteiger partial charge is 0.497 e. The van der Waals surface area contributed by atoms with Crippen molar-refractivity contribution in [2.75, 3.05) is 12.8 Å². The van der Waals surface area contributed by atoms with Crippen LogP contribution in [0.5, 0.6) is 5.75 Å². The fourth-order valence-corrected chi connectivity index (χ4v) is 2.37. The Morgan fingerprint density at radius 3 is 2.56 bits per heavy atom. The summed E-state index contributed by atoms with van der Waals surface area (Å²) in [5.74, 6) is 2.19. The molecular formula is C13H15N3OS. The lowest BCUT2D eigenvalue weighted by Crippen LogP contribution is -1.96. The molecule has 0 aliphatic carbocycles. The molecule has 0 saturated carbocycles. The Labute approximate surface area is 111 Å². The predicted molar refractivity (Wildman–Crippen MR) is 73.7 cm³/mol. The molecule has 2 aromatic rings. The Balaban J connectivity index is 2.01. The highest BCUT2D eigenvalue weighted by Gasteiger charge is 2.02. The van der Waals surface area contributed by atoms with Crippen molar-refractivity contribution in [1.29, 1.82) is 0 Å². The lowest BCUT2D eigenvalue weighted by atomic mass is 10.2. The molecule has 5 heteroatoms. The van der Waals surface area contributed by atoms with E-state index in [9.17, 15) is 0 Å². The molecule has 0 atom stereocenters. The maximum Gasteiger partial charge on any atom is 0.190 e. The highest BCUT2D eigenvalue weighted by Crippen LogP contribution is 2.21. The smallest absolute Gasteiger partial charge is 0.190 e. The van der Waals surface area contributed by atoms with Crippen molar-refractivity contribution < 1.29 is 4.74 Å². The normalized spacial score (nSPS) is 10.3. The molecule has 0 fully saturated rings. The van der Waals surface area contributed by atoms with Gasteiger partial charge in [0.15, 0.2) is 5.16 Å². The summed E-state index contributed by atoms with van der Waals surface area (Å²) in [6.45, 7) is 1.91. The number of hydrogen-bond donors (Lipinski definition) is 1. The summed E-state index contributed by atoms with van der Waals surface area (Å²) in [5.41, 5.74) is 7.77. The van der Waals surface area contributed by atoms with Crippen molar-refractivity contribution in [3.63, 3.8) is 0 Å². The van der Waals surface area contributed by atoms with E-state index in [1.165, 1.54) is 5.56 Å². The number of nitrogens with zero attached hydrogens (tertiary/aromatic N) is 2. The molecule has 1 heterocycles. The fraction of sp³-hybridized carbons (Fsp3) is 0.231. The number of anilines is 1. The monoisotopic (exact) mass is 261 g/mol. The average Bonchev–Trinajstić information content (AvgIpc) is 2.36. The molecule has 0 aliphatic heterocycles. The van der Waals surface area contributed by atoms with E-state index < -0.39 is 0 Å². The minimum absolute atomic E-state index is 0.514. The van der Waals surface area contributed by atoms with Crippen LogP contribution >= 0.6 is 11.8 Å². The number of nitrogen functional groups attached to an aromatic ring is 1. The van der Waals surface area contributed by atoms with Crippen LogP contribution in [0.3, 0.4) is 0 Å². The Hall–Kier alpha value is -1.75. The van der Waals surface area contributed by atoms with Crippen molar-refractivity contribution in [3.8, 4) is 5.75 Å². The summed E-state index contributed by atoms with van der Waals surface area (Å²) in [6.07, 6.45) is 0. The Morgan fingerprint density at radius 2 is 1.94 bits per heavy atom. The van der Waals surface area contributed by atoms with E-state index in [2.05, 4.69) is 9.97 Å². The van der Waals surface area contributed by atoms with Gasteiger partial charge in [-0.3, -0.25) is 0 Å². The molecule has 2 N–H and O–H groups in total. The number of ether oxygens (including phenoxy) is 1. The van der Waals surface area contributed by atoms with Crippen LogP contribution in [0.4, 0.5) is 5.82 Å². The molecule has 0 bridgehead atoms. The van der Waals surface area contributed by atoms with Crippen LogP contribution in [0.25, 0.3) is 0 Å². The Morgan fingerprint density at radius 1 is 1.22 bits per heavy atom. The third-order valence-electron chi connectivity index (χ3n) is 2.38. The van der Waals surface area contributed by atoms with Crippen LogP contribution in [0.1, 0.15) is 11.3 Å². The highest BCUT2D eigenvalue weighted by atomic mass is 32.2. The van der Waals surface area contributed by atoms with Crippen LogP contribution in [0.2, 0.25) is 0 Å². The molecule has 1 aromatic heterocycles. The Bertz CT molecular complexity index is 508. The van der Waals surface area contributed by atoms with E-state index in [1.807, 2.05) is 31.2 Å². The lowest BCUT2D eigenvalue weighted by molar-refractivity contribution is 0.414. The van der Waals surface area contributed by atoms with Gasteiger partial charge in [0.25, 0.3) is 0 Å². The Kier molecular flexibility index (Phi) is 4.04. The van der Waals surface area contributed by atoms with Gasteiger partial charge < -0.3 is 10.5 Å². The van der Waals surface area contributed by atoms with Crippen molar-refractivity contribution in [1.82, 2.24) is 9.97 Å². The number of aryl methyl sites for hydroxylation is 1. The summed E-state index contributed by atoms with van der Waals surface area (Å²) >= 11 is 1.57. The molecule has 0 amide bonds. The molecule has 94 valence electrons. The number of aromatic nitrogens is 2. The van der Waals surface area contributed by atoms with Crippen LogP contribution in [0.15, 0.2) is 35.5 Å². The third-order valence-corrected chi connectivity index (χ3v) is 3.30. The number of benzene rings is 1. The highest BCUT2D eigenvalue weighted by molar-refractivity contribution is 7.98. The predicted octanol–water partition coefficient (Wildman–Crippen LogP) is 2.67. The maximum atomic E-state index is 5.69. The van der Waals surface area contributed by atoms with Gasteiger partial charge in [0.2, 0.25) is 0 Å². The molecule has 0 saturated heterocycles. The second kappa shape index (κ2) is 5.73. The molecule has 18 heavy (non-hydrogen) atoms. The van der Waals surface area contributed by atoms with E-state index in [4.69, 9.17) is 10.5 Å². The van der Waals surface area contributed by atoms with E-state index in [0.29, 0.717) is 11.0 Å². The van der Waals surface area contributed by atoms with Crippen LogP contribution < -0.4 is 10.5 Å². The maximum absolute atomic E-state index is 5.69. The van der Waals surface area contributed by atoms with Gasteiger partial charge in [0, 0.05) is 17.5 Å². The van der Waals surface area contributed by atoms with Gasteiger partial charge in [0.1, 0.15) is 11.6 Å². The van der Waals surface area contributed by atoms with Crippen LogP contribution in [-0.2, 0) is 5.75 Å². The van der Waals surface area contributed by atoms with Gasteiger partial charge in [-0.05, 0) is 24.6 Å². The summed E-state index contributed by atoms with van der Waals surface area (Å²) in [6, 6.07) is 9.72.